The Kier molecular flexibility index (Phi) is 5.22. The Labute approximate surface area is 104 Å². The predicted molar refractivity (Wildman–Crippen MR) is 62.8 cm³/mol. The Morgan fingerprint density at radius 3 is 2.65 bits per heavy atom. The first kappa shape index (κ1) is 13.8. The monoisotopic (exact) mass is 260 g/mol. The van der Waals surface area contributed by atoms with Gasteiger partial charge in [-0.05, 0) is 31.5 Å². The van der Waals surface area contributed by atoms with Crippen LogP contribution >= 0.6 is 11.6 Å². The third kappa shape index (κ3) is 3.60. The lowest BCUT2D eigenvalue weighted by Gasteiger charge is -2.10. The highest BCUT2D eigenvalue weighted by molar-refractivity contribution is 6.29. The highest BCUT2D eigenvalue weighted by Crippen LogP contribution is 2.26. The van der Waals surface area contributed by atoms with Crippen LogP contribution in [0.2, 0.25) is 0 Å². The molecule has 0 aromatic heterocycles. The highest BCUT2D eigenvalue weighted by Gasteiger charge is 2.20. The molecule has 0 amide bonds. The van der Waals surface area contributed by atoms with E-state index in [1.54, 1.807) is 19.9 Å². The molecule has 94 valence electrons. The molecule has 3 nitrogen and oxygen atoms in total. The van der Waals surface area contributed by atoms with Gasteiger partial charge in [-0.25, -0.2) is 4.39 Å². The Morgan fingerprint density at radius 1 is 1.41 bits per heavy atom. The van der Waals surface area contributed by atoms with Crippen LogP contribution in [0.5, 0.6) is 5.75 Å². The minimum atomic E-state index is -1.000. The number of hydrogen-bond acceptors (Lipinski definition) is 3. The van der Waals surface area contributed by atoms with Crippen LogP contribution in [0.15, 0.2) is 18.2 Å². The summed E-state index contributed by atoms with van der Waals surface area (Å²) in [4.78, 5) is 11.4. The summed E-state index contributed by atoms with van der Waals surface area (Å²) in [6, 6.07) is 4.17. The molecule has 0 saturated heterocycles. The largest absolute Gasteiger partial charge is 0.491 e. The van der Waals surface area contributed by atoms with Crippen molar-refractivity contribution >= 4 is 17.6 Å². The standard InChI is InChI=1S/C12H14ClFO3/c1-3-16-10-6-5-8(7-9(10)14)11(13)12(15)17-4-2/h5-7,11H,3-4H2,1-2H3. The van der Waals surface area contributed by atoms with E-state index in [2.05, 4.69) is 0 Å². The Hall–Kier alpha value is -1.29. The van der Waals surface area contributed by atoms with Crippen molar-refractivity contribution in [2.45, 2.75) is 19.2 Å². The number of benzene rings is 1. The van der Waals surface area contributed by atoms with Crippen molar-refractivity contribution in [1.82, 2.24) is 0 Å². The molecule has 17 heavy (non-hydrogen) atoms. The number of ether oxygens (including phenoxy) is 2. The maximum Gasteiger partial charge on any atom is 0.328 e. The van der Waals surface area contributed by atoms with E-state index in [1.807, 2.05) is 0 Å². The Bertz CT molecular complexity index is 395. The van der Waals surface area contributed by atoms with Gasteiger partial charge in [0.2, 0.25) is 0 Å². The summed E-state index contributed by atoms with van der Waals surface area (Å²) in [6.45, 7) is 4.05. The molecule has 0 fully saturated rings. The van der Waals surface area contributed by atoms with Crippen molar-refractivity contribution in [2.75, 3.05) is 13.2 Å². The molecule has 5 heteroatoms. The molecular weight excluding hydrogens is 247 g/mol. The summed E-state index contributed by atoms with van der Waals surface area (Å²) < 4.78 is 23.3. The van der Waals surface area contributed by atoms with Gasteiger partial charge in [0.25, 0.3) is 0 Å². The van der Waals surface area contributed by atoms with Gasteiger partial charge in [0.1, 0.15) is 0 Å². The van der Waals surface area contributed by atoms with E-state index in [-0.39, 0.29) is 12.4 Å². The van der Waals surface area contributed by atoms with Crippen LogP contribution in [0.25, 0.3) is 0 Å². The van der Waals surface area contributed by atoms with Gasteiger partial charge in [-0.3, -0.25) is 4.79 Å². The van der Waals surface area contributed by atoms with Crippen LogP contribution in [-0.4, -0.2) is 19.2 Å². The Morgan fingerprint density at radius 2 is 2.12 bits per heavy atom. The molecule has 0 spiro atoms. The van der Waals surface area contributed by atoms with Gasteiger partial charge in [-0.1, -0.05) is 6.07 Å². The maximum atomic E-state index is 13.5. The summed E-state index contributed by atoms with van der Waals surface area (Å²) in [5.74, 6) is -0.985. The van der Waals surface area contributed by atoms with Crippen LogP contribution in [0, 0.1) is 5.82 Å². The molecule has 0 saturated carbocycles. The lowest BCUT2D eigenvalue weighted by atomic mass is 10.1. The smallest absolute Gasteiger partial charge is 0.328 e. The van der Waals surface area contributed by atoms with E-state index in [0.717, 1.165) is 0 Å². The second-order valence-electron chi connectivity index (χ2n) is 3.24. The van der Waals surface area contributed by atoms with Crippen molar-refractivity contribution in [3.8, 4) is 5.75 Å². The molecule has 0 heterocycles. The third-order valence-electron chi connectivity index (χ3n) is 2.04. The van der Waals surface area contributed by atoms with Gasteiger partial charge in [0.05, 0.1) is 13.2 Å². The zero-order valence-corrected chi connectivity index (χ0v) is 10.5. The predicted octanol–water partition coefficient (Wildman–Crippen LogP) is 3.07. The number of carbonyl (C=O) groups is 1. The second kappa shape index (κ2) is 6.45. The summed E-state index contributed by atoms with van der Waals surface area (Å²) in [5, 5.41) is -1.000. The Balaban J connectivity index is 2.85. The lowest BCUT2D eigenvalue weighted by Crippen LogP contribution is -2.11. The van der Waals surface area contributed by atoms with Crippen LogP contribution in [0.3, 0.4) is 0 Å². The number of rotatable bonds is 5. The minimum absolute atomic E-state index is 0.143. The van der Waals surface area contributed by atoms with E-state index >= 15 is 0 Å². The molecule has 0 aliphatic rings. The van der Waals surface area contributed by atoms with Gasteiger partial charge in [0, 0.05) is 0 Å². The number of alkyl halides is 1. The second-order valence-corrected chi connectivity index (χ2v) is 3.67. The fraction of sp³-hybridized carbons (Fsp3) is 0.417. The molecule has 0 aliphatic carbocycles. The zero-order chi connectivity index (χ0) is 12.8. The first-order valence-corrected chi connectivity index (χ1v) is 5.76. The fourth-order valence-electron chi connectivity index (χ4n) is 1.30. The highest BCUT2D eigenvalue weighted by atomic mass is 35.5. The van der Waals surface area contributed by atoms with Crippen molar-refractivity contribution in [2.24, 2.45) is 0 Å². The molecule has 1 rings (SSSR count). The van der Waals surface area contributed by atoms with Gasteiger partial charge < -0.3 is 9.47 Å². The molecule has 1 atom stereocenters. The third-order valence-corrected chi connectivity index (χ3v) is 2.47. The van der Waals surface area contributed by atoms with Gasteiger partial charge in [0.15, 0.2) is 16.9 Å². The summed E-state index contributed by atoms with van der Waals surface area (Å²) in [7, 11) is 0. The van der Waals surface area contributed by atoms with E-state index < -0.39 is 17.2 Å². The quantitative estimate of drug-likeness (QED) is 0.603. The molecule has 1 aromatic rings. The maximum absolute atomic E-state index is 13.5. The molecule has 1 aromatic carbocycles. The molecule has 1 unspecified atom stereocenters. The van der Waals surface area contributed by atoms with E-state index in [4.69, 9.17) is 21.1 Å². The van der Waals surface area contributed by atoms with Crippen molar-refractivity contribution < 1.29 is 18.7 Å². The normalized spacial score (nSPS) is 12.0. The average Bonchev–Trinajstić information content (AvgIpc) is 2.31. The number of carbonyl (C=O) groups excluding carboxylic acids is 1. The molecule has 0 radical (unpaired) electrons. The average molecular weight is 261 g/mol. The van der Waals surface area contributed by atoms with Crippen LogP contribution in [0.4, 0.5) is 4.39 Å². The number of esters is 1. The van der Waals surface area contributed by atoms with Crippen LogP contribution < -0.4 is 4.74 Å². The topological polar surface area (TPSA) is 35.5 Å². The zero-order valence-electron chi connectivity index (χ0n) is 9.70. The molecule has 0 aliphatic heterocycles. The summed E-state index contributed by atoms with van der Waals surface area (Å²) >= 11 is 5.85. The van der Waals surface area contributed by atoms with Crippen molar-refractivity contribution in [3.63, 3.8) is 0 Å². The molecule has 0 N–H and O–H groups in total. The van der Waals surface area contributed by atoms with Gasteiger partial charge in [-0.2, -0.15) is 0 Å². The van der Waals surface area contributed by atoms with E-state index in [0.29, 0.717) is 12.2 Å². The summed E-state index contributed by atoms with van der Waals surface area (Å²) in [5.41, 5.74) is 0.353. The van der Waals surface area contributed by atoms with Crippen molar-refractivity contribution in [3.05, 3.63) is 29.6 Å². The number of hydrogen-bond donors (Lipinski definition) is 0. The van der Waals surface area contributed by atoms with Crippen molar-refractivity contribution in [1.29, 1.82) is 0 Å². The van der Waals surface area contributed by atoms with E-state index in [1.165, 1.54) is 12.1 Å². The SMILES string of the molecule is CCOC(=O)C(Cl)c1ccc(OCC)c(F)c1. The van der Waals surface area contributed by atoms with Crippen LogP contribution in [0.1, 0.15) is 24.8 Å². The summed E-state index contributed by atoms with van der Waals surface area (Å²) in [6.07, 6.45) is 0. The molecule has 0 bridgehead atoms. The van der Waals surface area contributed by atoms with E-state index in [9.17, 15) is 9.18 Å². The van der Waals surface area contributed by atoms with Crippen LogP contribution in [-0.2, 0) is 9.53 Å². The number of halogens is 2. The van der Waals surface area contributed by atoms with Gasteiger partial charge in [-0.15, -0.1) is 11.6 Å². The van der Waals surface area contributed by atoms with Gasteiger partial charge >= 0.3 is 5.97 Å². The minimum Gasteiger partial charge on any atom is -0.491 e. The lowest BCUT2D eigenvalue weighted by molar-refractivity contribution is -0.142. The fourth-order valence-corrected chi connectivity index (χ4v) is 1.50. The molecular formula is C12H14ClFO3. The first-order valence-electron chi connectivity index (χ1n) is 5.33. The first-order chi connectivity index (χ1) is 8.10.